The van der Waals surface area contributed by atoms with Gasteiger partial charge in [0.05, 0.1) is 0 Å². The van der Waals surface area contributed by atoms with Crippen molar-refractivity contribution in [3.8, 4) is 0 Å². The number of hydrogen-bond acceptors (Lipinski definition) is 4. The van der Waals surface area contributed by atoms with Gasteiger partial charge in [-0.2, -0.15) is 11.8 Å². The highest BCUT2D eigenvalue weighted by Gasteiger charge is 2.08. The van der Waals surface area contributed by atoms with Crippen molar-refractivity contribution in [3.05, 3.63) is 12.2 Å². The van der Waals surface area contributed by atoms with Crippen LogP contribution in [0, 0.1) is 0 Å². The van der Waals surface area contributed by atoms with Gasteiger partial charge in [-0.05, 0) is 6.92 Å². The van der Waals surface area contributed by atoms with E-state index in [0.29, 0.717) is 29.8 Å². The fourth-order valence-corrected chi connectivity index (χ4v) is 2.93. The third-order valence-electron chi connectivity index (χ3n) is 1.46. The Morgan fingerprint density at radius 2 is 2.13 bits per heavy atom. The molecule has 0 aromatic rings. The van der Waals surface area contributed by atoms with Crippen molar-refractivity contribution in [1.82, 2.24) is 0 Å². The van der Waals surface area contributed by atoms with Crippen LogP contribution in [-0.4, -0.2) is 41.8 Å². The molecule has 15 heavy (non-hydrogen) atoms. The lowest BCUT2D eigenvalue weighted by Gasteiger charge is -2.05. The van der Waals surface area contributed by atoms with Crippen LogP contribution in [0.15, 0.2) is 12.2 Å². The Hall–Kier alpha value is -0.250. The van der Waals surface area contributed by atoms with Gasteiger partial charge in [0.1, 0.15) is 6.61 Å². The van der Waals surface area contributed by atoms with Gasteiger partial charge in [0, 0.05) is 29.9 Å². The Morgan fingerprint density at radius 1 is 1.53 bits per heavy atom. The average Bonchev–Trinajstić information content (AvgIpc) is 2.08. The van der Waals surface area contributed by atoms with E-state index in [2.05, 4.69) is 6.58 Å². The summed E-state index contributed by atoms with van der Waals surface area (Å²) >= 11 is 1.49. The lowest BCUT2D eigenvalue weighted by atomic mass is 10.4. The van der Waals surface area contributed by atoms with E-state index < -0.39 is 7.37 Å². The van der Waals surface area contributed by atoms with Crippen LogP contribution in [-0.2, 0) is 14.1 Å². The van der Waals surface area contributed by atoms with Crippen LogP contribution in [0.1, 0.15) is 6.92 Å². The predicted octanol–water partition coefficient (Wildman–Crippen LogP) is 1.74. The first kappa shape index (κ1) is 14.8. The van der Waals surface area contributed by atoms with Gasteiger partial charge in [-0.15, -0.1) is 0 Å². The fourth-order valence-electron chi connectivity index (χ4n) is 0.652. The number of thioether (sulfide) groups is 1. The van der Waals surface area contributed by atoms with Gasteiger partial charge in [0.25, 0.3) is 0 Å². The first-order valence-corrected chi connectivity index (χ1v) is 7.97. The number of hydrogen-bond donors (Lipinski definition) is 1. The van der Waals surface area contributed by atoms with Crippen molar-refractivity contribution < 1.29 is 19.0 Å². The fraction of sp³-hybridized carbons (Fsp3) is 0.667. The minimum Gasteiger partial charge on any atom is -0.461 e. The first-order valence-electron chi connectivity index (χ1n) is 4.52. The summed E-state index contributed by atoms with van der Waals surface area (Å²) in [6.45, 7) is 6.70. The standard InChI is InChI=1S/C9H17O4PS/c1-8(2)9(10)13-4-6-15-7-5-14(3,11)12/h1,4-7H2,2-3H3,(H,11,12). The third-order valence-corrected chi connectivity index (χ3v) is 3.76. The maximum atomic E-state index is 10.9. The molecule has 6 heteroatoms. The van der Waals surface area contributed by atoms with Crippen LogP contribution in [0.2, 0.25) is 0 Å². The molecule has 0 rings (SSSR count). The molecule has 0 aliphatic rings. The van der Waals surface area contributed by atoms with Crippen LogP contribution in [0.25, 0.3) is 0 Å². The molecule has 0 amide bonds. The zero-order chi connectivity index (χ0) is 11.9. The number of carbonyl (C=O) groups excluding carboxylic acids is 1. The van der Waals surface area contributed by atoms with Gasteiger partial charge < -0.3 is 9.63 Å². The summed E-state index contributed by atoms with van der Waals surface area (Å²) in [7, 11) is -2.89. The van der Waals surface area contributed by atoms with E-state index in [1.807, 2.05) is 0 Å². The van der Waals surface area contributed by atoms with Gasteiger partial charge in [0.2, 0.25) is 0 Å². The molecule has 0 aliphatic heterocycles. The van der Waals surface area contributed by atoms with Gasteiger partial charge in [-0.1, -0.05) is 6.58 Å². The van der Waals surface area contributed by atoms with E-state index in [9.17, 15) is 9.36 Å². The minimum atomic E-state index is -2.89. The second-order valence-electron chi connectivity index (χ2n) is 3.30. The van der Waals surface area contributed by atoms with E-state index in [-0.39, 0.29) is 5.97 Å². The van der Waals surface area contributed by atoms with E-state index in [1.54, 1.807) is 6.92 Å². The predicted molar refractivity (Wildman–Crippen MR) is 63.7 cm³/mol. The van der Waals surface area contributed by atoms with Crippen LogP contribution >= 0.6 is 19.1 Å². The van der Waals surface area contributed by atoms with E-state index in [1.165, 1.54) is 18.4 Å². The Morgan fingerprint density at radius 3 is 2.60 bits per heavy atom. The van der Waals surface area contributed by atoms with Crippen LogP contribution in [0.3, 0.4) is 0 Å². The number of ether oxygens (including phenoxy) is 1. The molecule has 0 aromatic carbocycles. The van der Waals surface area contributed by atoms with Crippen LogP contribution < -0.4 is 0 Å². The Bertz CT molecular complexity index is 271. The maximum absolute atomic E-state index is 10.9. The summed E-state index contributed by atoms with van der Waals surface area (Å²) in [5.74, 6) is 0.854. The van der Waals surface area contributed by atoms with E-state index >= 15 is 0 Å². The maximum Gasteiger partial charge on any atom is 0.333 e. The lowest BCUT2D eigenvalue weighted by Crippen LogP contribution is -2.08. The molecule has 0 radical (unpaired) electrons. The monoisotopic (exact) mass is 252 g/mol. The zero-order valence-corrected chi connectivity index (χ0v) is 10.8. The SMILES string of the molecule is C=C(C)C(=O)OCCSCCP(C)(=O)O. The average molecular weight is 252 g/mol. The number of rotatable bonds is 7. The molecule has 1 atom stereocenters. The molecule has 0 spiro atoms. The van der Waals surface area contributed by atoms with Gasteiger partial charge in [-0.25, -0.2) is 4.79 Å². The molecule has 4 nitrogen and oxygen atoms in total. The second kappa shape index (κ2) is 7.09. The van der Waals surface area contributed by atoms with E-state index in [4.69, 9.17) is 9.63 Å². The van der Waals surface area contributed by atoms with Crippen LogP contribution in [0.4, 0.5) is 0 Å². The second-order valence-corrected chi connectivity index (χ2v) is 7.08. The molecule has 0 saturated heterocycles. The van der Waals surface area contributed by atoms with Crippen molar-refractivity contribution in [2.45, 2.75) is 6.92 Å². The zero-order valence-electron chi connectivity index (χ0n) is 9.06. The summed E-state index contributed by atoms with van der Waals surface area (Å²) in [4.78, 5) is 19.9. The quantitative estimate of drug-likeness (QED) is 0.323. The molecule has 0 fully saturated rings. The molecule has 0 aromatic heterocycles. The van der Waals surface area contributed by atoms with Crippen molar-refractivity contribution in [2.75, 3.05) is 30.9 Å². The summed E-state index contributed by atoms with van der Waals surface area (Å²) in [6.07, 6.45) is 0.298. The van der Waals surface area contributed by atoms with Crippen molar-refractivity contribution in [3.63, 3.8) is 0 Å². The Labute approximate surface area is 94.5 Å². The van der Waals surface area contributed by atoms with E-state index in [0.717, 1.165) is 0 Å². The highest BCUT2D eigenvalue weighted by Crippen LogP contribution is 2.35. The van der Waals surface area contributed by atoms with Gasteiger partial charge in [0.15, 0.2) is 7.37 Å². The first-order chi connectivity index (χ1) is 6.83. The summed E-state index contributed by atoms with van der Waals surface area (Å²) < 4.78 is 15.7. The molecular weight excluding hydrogens is 235 g/mol. The molecule has 1 unspecified atom stereocenters. The summed E-state index contributed by atoms with van der Waals surface area (Å²) in [6, 6.07) is 0. The highest BCUT2D eigenvalue weighted by molar-refractivity contribution is 7.99. The van der Waals surface area contributed by atoms with Gasteiger partial charge >= 0.3 is 5.97 Å². The van der Waals surface area contributed by atoms with Gasteiger partial charge in [-0.3, -0.25) is 4.57 Å². The molecular formula is C9H17O4PS. The summed E-state index contributed by atoms with van der Waals surface area (Å²) in [5, 5.41) is 0. The number of esters is 1. The normalized spacial score (nSPS) is 14.3. The lowest BCUT2D eigenvalue weighted by molar-refractivity contribution is -0.138. The number of carbonyl (C=O) groups is 1. The third kappa shape index (κ3) is 10.0. The smallest absolute Gasteiger partial charge is 0.333 e. The summed E-state index contributed by atoms with van der Waals surface area (Å²) in [5.41, 5.74) is 0.383. The molecule has 88 valence electrons. The Balaban J connectivity index is 3.37. The molecule has 1 N–H and O–H groups in total. The van der Waals surface area contributed by atoms with Crippen molar-refractivity contribution in [2.24, 2.45) is 0 Å². The largest absolute Gasteiger partial charge is 0.461 e. The molecule has 0 heterocycles. The molecule has 0 saturated carbocycles. The van der Waals surface area contributed by atoms with Crippen molar-refractivity contribution in [1.29, 1.82) is 0 Å². The minimum absolute atomic E-state index is 0.298. The Kier molecular flexibility index (Phi) is 6.98. The highest BCUT2D eigenvalue weighted by atomic mass is 32.2. The van der Waals surface area contributed by atoms with Crippen molar-refractivity contribution >= 4 is 25.1 Å². The molecule has 0 aliphatic carbocycles. The topological polar surface area (TPSA) is 63.6 Å². The molecule has 0 bridgehead atoms. The van der Waals surface area contributed by atoms with Crippen LogP contribution in [0.5, 0.6) is 0 Å².